The number of likely N-dealkylation sites (tertiary alicyclic amines) is 1. The molecule has 2 nitrogen and oxygen atoms in total. The maximum absolute atomic E-state index is 9.36. The molecule has 0 amide bonds. The van der Waals surface area contributed by atoms with Crippen LogP contribution in [0.1, 0.15) is 39.5 Å². The third-order valence-electron chi connectivity index (χ3n) is 4.06. The molecule has 0 bridgehead atoms. The SMILES string of the molecule is CC(O)CC(C)N1CC2CCCC2C1. The molecular formula is C12H23NO. The number of hydrogen-bond acceptors (Lipinski definition) is 2. The molecule has 2 rings (SSSR count). The molecule has 1 N–H and O–H groups in total. The fourth-order valence-corrected chi connectivity index (χ4v) is 3.27. The van der Waals surface area contributed by atoms with Gasteiger partial charge in [0.15, 0.2) is 0 Å². The van der Waals surface area contributed by atoms with E-state index in [1.54, 1.807) is 0 Å². The van der Waals surface area contributed by atoms with Gasteiger partial charge in [0.2, 0.25) is 0 Å². The Morgan fingerprint density at radius 2 is 1.79 bits per heavy atom. The predicted molar refractivity (Wildman–Crippen MR) is 58.2 cm³/mol. The standard InChI is InChI=1S/C12H23NO/c1-9(6-10(2)14)13-7-11-4-3-5-12(11)8-13/h9-12,14H,3-8H2,1-2H3. The fourth-order valence-electron chi connectivity index (χ4n) is 3.27. The van der Waals surface area contributed by atoms with Gasteiger partial charge in [0, 0.05) is 19.1 Å². The summed E-state index contributed by atoms with van der Waals surface area (Å²) in [5.41, 5.74) is 0. The van der Waals surface area contributed by atoms with Crippen LogP contribution in [-0.2, 0) is 0 Å². The van der Waals surface area contributed by atoms with Gasteiger partial charge in [-0.1, -0.05) is 6.42 Å². The summed E-state index contributed by atoms with van der Waals surface area (Å²) in [4.78, 5) is 2.58. The monoisotopic (exact) mass is 197 g/mol. The first kappa shape index (κ1) is 10.4. The molecule has 1 saturated carbocycles. The van der Waals surface area contributed by atoms with Gasteiger partial charge in [-0.25, -0.2) is 0 Å². The Hall–Kier alpha value is -0.0800. The Morgan fingerprint density at radius 1 is 1.21 bits per heavy atom. The Kier molecular flexibility index (Phi) is 3.13. The summed E-state index contributed by atoms with van der Waals surface area (Å²) < 4.78 is 0. The van der Waals surface area contributed by atoms with Crippen molar-refractivity contribution in [3.8, 4) is 0 Å². The maximum atomic E-state index is 9.36. The molecule has 0 radical (unpaired) electrons. The first-order valence-corrected chi connectivity index (χ1v) is 6.09. The van der Waals surface area contributed by atoms with E-state index in [2.05, 4.69) is 11.8 Å². The van der Waals surface area contributed by atoms with Crippen molar-refractivity contribution in [2.75, 3.05) is 13.1 Å². The van der Waals surface area contributed by atoms with Crippen molar-refractivity contribution in [2.45, 2.75) is 51.7 Å². The van der Waals surface area contributed by atoms with E-state index in [9.17, 15) is 5.11 Å². The van der Waals surface area contributed by atoms with E-state index in [-0.39, 0.29) is 6.10 Å². The fraction of sp³-hybridized carbons (Fsp3) is 1.00. The second kappa shape index (κ2) is 4.19. The van der Waals surface area contributed by atoms with E-state index in [0.29, 0.717) is 6.04 Å². The van der Waals surface area contributed by atoms with Gasteiger partial charge in [0.25, 0.3) is 0 Å². The molecule has 0 spiro atoms. The number of aliphatic hydroxyl groups is 1. The van der Waals surface area contributed by atoms with E-state index in [1.165, 1.54) is 32.4 Å². The number of hydrogen-bond donors (Lipinski definition) is 1. The van der Waals surface area contributed by atoms with E-state index in [4.69, 9.17) is 0 Å². The molecule has 14 heavy (non-hydrogen) atoms. The average Bonchev–Trinajstić information content (AvgIpc) is 2.58. The zero-order chi connectivity index (χ0) is 10.1. The van der Waals surface area contributed by atoms with Gasteiger partial charge >= 0.3 is 0 Å². The largest absolute Gasteiger partial charge is 0.393 e. The molecule has 0 aromatic heterocycles. The van der Waals surface area contributed by atoms with Gasteiger partial charge in [-0.2, -0.15) is 0 Å². The lowest BCUT2D eigenvalue weighted by Gasteiger charge is -2.26. The lowest BCUT2D eigenvalue weighted by Crippen LogP contribution is -2.33. The third kappa shape index (κ3) is 2.12. The Bertz CT molecular complexity index is 181. The second-order valence-electron chi connectivity index (χ2n) is 5.34. The average molecular weight is 197 g/mol. The van der Waals surface area contributed by atoms with Crippen LogP contribution in [0, 0.1) is 11.8 Å². The smallest absolute Gasteiger partial charge is 0.0526 e. The summed E-state index contributed by atoms with van der Waals surface area (Å²) >= 11 is 0. The van der Waals surface area contributed by atoms with Crippen LogP contribution in [0.25, 0.3) is 0 Å². The quantitative estimate of drug-likeness (QED) is 0.746. The predicted octanol–water partition coefficient (Wildman–Crippen LogP) is 1.88. The molecule has 4 unspecified atom stereocenters. The number of nitrogens with zero attached hydrogens (tertiary/aromatic N) is 1. The molecule has 82 valence electrons. The molecule has 1 aliphatic carbocycles. The van der Waals surface area contributed by atoms with Crippen LogP contribution in [0.15, 0.2) is 0 Å². The third-order valence-corrected chi connectivity index (χ3v) is 4.06. The molecule has 1 saturated heterocycles. The van der Waals surface area contributed by atoms with Gasteiger partial charge in [-0.3, -0.25) is 4.90 Å². The highest BCUT2D eigenvalue weighted by atomic mass is 16.3. The van der Waals surface area contributed by atoms with Crippen molar-refractivity contribution in [2.24, 2.45) is 11.8 Å². The topological polar surface area (TPSA) is 23.5 Å². The minimum absolute atomic E-state index is 0.148. The van der Waals surface area contributed by atoms with Crippen molar-refractivity contribution in [1.29, 1.82) is 0 Å². The van der Waals surface area contributed by atoms with Gasteiger partial charge in [0.1, 0.15) is 0 Å². The van der Waals surface area contributed by atoms with Crippen molar-refractivity contribution in [3.05, 3.63) is 0 Å². The molecule has 1 aliphatic heterocycles. The normalized spacial score (nSPS) is 37.1. The van der Waals surface area contributed by atoms with Gasteiger partial charge in [-0.15, -0.1) is 0 Å². The minimum atomic E-state index is -0.148. The van der Waals surface area contributed by atoms with Crippen LogP contribution in [0.5, 0.6) is 0 Å². The van der Waals surface area contributed by atoms with Gasteiger partial charge in [-0.05, 0) is 44.9 Å². The summed E-state index contributed by atoms with van der Waals surface area (Å²) in [6, 6.07) is 0.570. The first-order chi connectivity index (χ1) is 6.66. The molecule has 0 aromatic carbocycles. The lowest BCUT2D eigenvalue weighted by molar-refractivity contribution is 0.129. The first-order valence-electron chi connectivity index (χ1n) is 6.09. The molecule has 2 fully saturated rings. The van der Waals surface area contributed by atoms with Crippen molar-refractivity contribution in [1.82, 2.24) is 4.90 Å². The van der Waals surface area contributed by atoms with E-state index in [1.807, 2.05) is 6.92 Å². The van der Waals surface area contributed by atoms with Gasteiger partial charge < -0.3 is 5.11 Å². The van der Waals surface area contributed by atoms with Crippen molar-refractivity contribution in [3.63, 3.8) is 0 Å². The Balaban J connectivity index is 1.83. The maximum Gasteiger partial charge on any atom is 0.0526 e. The summed E-state index contributed by atoms with van der Waals surface area (Å²) in [7, 11) is 0. The van der Waals surface area contributed by atoms with Crippen LogP contribution in [0.2, 0.25) is 0 Å². The van der Waals surface area contributed by atoms with Crippen LogP contribution in [0.4, 0.5) is 0 Å². The molecule has 1 heterocycles. The highest BCUT2D eigenvalue weighted by Gasteiger charge is 2.37. The molecular weight excluding hydrogens is 174 g/mol. The zero-order valence-electron chi connectivity index (χ0n) is 9.45. The highest BCUT2D eigenvalue weighted by Crippen LogP contribution is 2.38. The van der Waals surface area contributed by atoms with Crippen LogP contribution in [0.3, 0.4) is 0 Å². The summed E-state index contributed by atoms with van der Waals surface area (Å²) in [5, 5.41) is 9.36. The molecule has 2 heteroatoms. The number of aliphatic hydroxyl groups excluding tert-OH is 1. The van der Waals surface area contributed by atoms with E-state index < -0.39 is 0 Å². The molecule has 2 aliphatic rings. The van der Waals surface area contributed by atoms with Crippen LogP contribution >= 0.6 is 0 Å². The zero-order valence-corrected chi connectivity index (χ0v) is 9.45. The lowest BCUT2D eigenvalue weighted by atomic mass is 10.0. The second-order valence-corrected chi connectivity index (χ2v) is 5.34. The summed E-state index contributed by atoms with van der Waals surface area (Å²) in [6.45, 7) is 6.73. The molecule has 4 atom stereocenters. The molecule has 0 aromatic rings. The van der Waals surface area contributed by atoms with Crippen molar-refractivity contribution >= 4 is 0 Å². The summed E-state index contributed by atoms with van der Waals surface area (Å²) in [6.07, 6.45) is 5.13. The summed E-state index contributed by atoms with van der Waals surface area (Å²) in [5.74, 6) is 1.96. The van der Waals surface area contributed by atoms with Gasteiger partial charge in [0.05, 0.1) is 6.10 Å². The van der Waals surface area contributed by atoms with Crippen LogP contribution < -0.4 is 0 Å². The van der Waals surface area contributed by atoms with E-state index >= 15 is 0 Å². The Morgan fingerprint density at radius 3 is 2.29 bits per heavy atom. The van der Waals surface area contributed by atoms with Crippen LogP contribution in [-0.4, -0.2) is 35.2 Å². The van der Waals surface area contributed by atoms with Crippen molar-refractivity contribution < 1.29 is 5.11 Å². The number of rotatable bonds is 3. The number of fused-ring (bicyclic) bond motifs is 1. The highest BCUT2D eigenvalue weighted by molar-refractivity contribution is 4.90. The Labute approximate surface area is 87.3 Å². The minimum Gasteiger partial charge on any atom is -0.393 e. The van der Waals surface area contributed by atoms with E-state index in [0.717, 1.165) is 18.3 Å².